The van der Waals surface area contributed by atoms with Gasteiger partial charge < -0.3 is 15.5 Å². The molecule has 0 radical (unpaired) electrons. The topological polar surface area (TPSA) is 61.4 Å². The third kappa shape index (κ3) is 6.17. The van der Waals surface area contributed by atoms with E-state index >= 15 is 0 Å². The Bertz CT molecular complexity index is 516. The molecule has 1 aliphatic rings. The fourth-order valence-corrected chi connectivity index (χ4v) is 3.28. The van der Waals surface area contributed by atoms with Gasteiger partial charge in [-0.05, 0) is 37.0 Å². The van der Waals surface area contributed by atoms with Crippen LogP contribution in [-0.2, 0) is 16.0 Å². The second-order valence-electron chi connectivity index (χ2n) is 5.99. The highest BCUT2D eigenvalue weighted by molar-refractivity contribution is 7.98. The second-order valence-corrected chi connectivity index (χ2v) is 6.98. The van der Waals surface area contributed by atoms with Gasteiger partial charge in [-0.1, -0.05) is 30.3 Å². The summed E-state index contributed by atoms with van der Waals surface area (Å²) in [4.78, 5) is 27.0. The van der Waals surface area contributed by atoms with Gasteiger partial charge in [0.2, 0.25) is 11.8 Å². The molecule has 2 amide bonds. The van der Waals surface area contributed by atoms with Crippen LogP contribution in [0.3, 0.4) is 0 Å². The SMILES string of the molecule is CSCCC(NC(=O)Cc1ccccc1)C(=O)N1CCCNCC1. The Morgan fingerprint density at radius 3 is 2.79 bits per heavy atom. The monoisotopic (exact) mass is 349 g/mol. The number of nitrogens with zero attached hydrogens (tertiary/aromatic N) is 1. The summed E-state index contributed by atoms with van der Waals surface area (Å²) >= 11 is 1.69. The van der Waals surface area contributed by atoms with Gasteiger partial charge in [-0.3, -0.25) is 9.59 Å². The van der Waals surface area contributed by atoms with Crippen molar-refractivity contribution in [2.24, 2.45) is 0 Å². The molecule has 24 heavy (non-hydrogen) atoms. The molecule has 6 heteroatoms. The number of amides is 2. The van der Waals surface area contributed by atoms with E-state index in [1.165, 1.54) is 0 Å². The van der Waals surface area contributed by atoms with Gasteiger partial charge in [-0.25, -0.2) is 0 Å². The van der Waals surface area contributed by atoms with Crippen molar-refractivity contribution in [1.29, 1.82) is 0 Å². The maximum absolute atomic E-state index is 12.8. The molecule has 0 saturated carbocycles. The maximum atomic E-state index is 12.8. The number of hydrogen-bond donors (Lipinski definition) is 2. The molecule has 1 unspecified atom stereocenters. The molecule has 1 aromatic rings. The average molecular weight is 350 g/mol. The van der Waals surface area contributed by atoms with Gasteiger partial charge >= 0.3 is 0 Å². The minimum Gasteiger partial charge on any atom is -0.344 e. The fraction of sp³-hybridized carbons (Fsp3) is 0.556. The van der Waals surface area contributed by atoms with Crippen LogP contribution in [0.2, 0.25) is 0 Å². The predicted molar refractivity (Wildman–Crippen MR) is 99.1 cm³/mol. The molecule has 2 rings (SSSR count). The number of carbonyl (C=O) groups excluding carboxylic acids is 2. The number of carbonyl (C=O) groups is 2. The van der Waals surface area contributed by atoms with Crippen molar-refractivity contribution < 1.29 is 9.59 Å². The van der Waals surface area contributed by atoms with Crippen LogP contribution < -0.4 is 10.6 Å². The van der Waals surface area contributed by atoms with Crippen LogP contribution in [0.4, 0.5) is 0 Å². The highest BCUT2D eigenvalue weighted by atomic mass is 32.2. The van der Waals surface area contributed by atoms with Gasteiger partial charge in [-0.15, -0.1) is 0 Å². The zero-order chi connectivity index (χ0) is 17.2. The van der Waals surface area contributed by atoms with Crippen LogP contribution in [0.25, 0.3) is 0 Å². The predicted octanol–water partition coefficient (Wildman–Crippen LogP) is 1.29. The first-order valence-electron chi connectivity index (χ1n) is 8.52. The lowest BCUT2D eigenvalue weighted by molar-refractivity contribution is -0.136. The van der Waals surface area contributed by atoms with Gasteiger partial charge in [0.1, 0.15) is 6.04 Å². The first kappa shape index (κ1) is 18.8. The molecule has 2 N–H and O–H groups in total. The molecule has 0 spiro atoms. The lowest BCUT2D eigenvalue weighted by Gasteiger charge is -2.26. The van der Waals surface area contributed by atoms with E-state index in [2.05, 4.69) is 10.6 Å². The summed E-state index contributed by atoms with van der Waals surface area (Å²) in [6.07, 6.45) is 3.96. The maximum Gasteiger partial charge on any atom is 0.245 e. The normalized spacial score (nSPS) is 16.3. The van der Waals surface area contributed by atoms with Gasteiger partial charge in [-0.2, -0.15) is 11.8 Å². The van der Waals surface area contributed by atoms with Crippen LogP contribution >= 0.6 is 11.8 Å². The fourth-order valence-electron chi connectivity index (χ4n) is 2.81. The molecule has 1 saturated heterocycles. The highest BCUT2D eigenvalue weighted by Gasteiger charge is 2.26. The van der Waals surface area contributed by atoms with E-state index in [0.717, 1.165) is 37.4 Å². The van der Waals surface area contributed by atoms with Crippen LogP contribution in [0, 0.1) is 0 Å². The van der Waals surface area contributed by atoms with E-state index < -0.39 is 6.04 Å². The Morgan fingerprint density at radius 2 is 2.04 bits per heavy atom. The van der Waals surface area contributed by atoms with Crippen molar-refractivity contribution in [1.82, 2.24) is 15.5 Å². The first-order chi connectivity index (χ1) is 11.7. The smallest absolute Gasteiger partial charge is 0.245 e. The molecule has 1 aromatic carbocycles. The lowest BCUT2D eigenvalue weighted by Crippen LogP contribution is -2.50. The van der Waals surface area contributed by atoms with E-state index in [9.17, 15) is 9.59 Å². The van der Waals surface area contributed by atoms with E-state index in [1.54, 1.807) is 11.8 Å². The Hall–Kier alpha value is -1.53. The summed E-state index contributed by atoms with van der Waals surface area (Å²) in [6.45, 7) is 3.23. The zero-order valence-electron chi connectivity index (χ0n) is 14.3. The van der Waals surface area contributed by atoms with Crippen molar-refractivity contribution in [3.8, 4) is 0 Å². The van der Waals surface area contributed by atoms with Gasteiger partial charge in [0.05, 0.1) is 6.42 Å². The molecular formula is C18H27N3O2S. The molecule has 1 heterocycles. The standard InChI is InChI=1S/C18H27N3O2S/c1-24-13-8-16(18(23)21-11-5-9-19-10-12-21)20-17(22)14-15-6-3-2-4-7-15/h2-4,6-7,16,19H,5,8-14H2,1H3,(H,20,22). The molecule has 1 fully saturated rings. The molecule has 5 nitrogen and oxygen atoms in total. The summed E-state index contributed by atoms with van der Waals surface area (Å²) in [7, 11) is 0. The lowest BCUT2D eigenvalue weighted by atomic mass is 10.1. The van der Waals surface area contributed by atoms with Crippen LogP contribution in [0.1, 0.15) is 18.4 Å². The molecular weight excluding hydrogens is 322 g/mol. The molecule has 1 atom stereocenters. The van der Waals surface area contributed by atoms with Crippen molar-refractivity contribution >= 4 is 23.6 Å². The summed E-state index contributed by atoms with van der Waals surface area (Å²) < 4.78 is 0. The van der Waals surface area contributed by atoms with Crippen molar-refractivity contribution in [3.05, 3.63) is 35.9 Å². The number of benzene rings is 1. The molecule has 1 aliphatic heterocycles. The average Bonchev–Trinajstić information content (AvgIpc) is 2.88. The van der Waals surface area contributed by atoms with Crippen molar-refractivity contribution in [2.75, 3.05) is 38.2 Å². The number of hydrogen-bond acceptors (Lipinski definition) is 4. The molecule has 0 bridgehead atoms. The molecule has 0 aliphatic carbocycles. The number of nitrogens with one attached hydrogen (secondary N) is 2. The molecule has 132 valence electrons. The highest BCUT2D eigenvalue weighted by Crippen LogP contribution is 2.08. The number of thioether (sulfide) groups is 1. The summed E-state index contributed by atoms with van der Waals surface area (Å²) in [5, 5.41) is 6.26. The first-order valence-corrected chi connectivity index (χ1v) is 9.92. The van der Waals surface area contributed by atoms with Crippen molar-refractivity contribution in [2.45, 2.75) is 25.3 Å². The third-order valence-corrected chi connectivity index (χ3v) is 4.75. The summed E-state index contributed by atoms with van der Waals surface area (Å²) in [6, 6.07) is 9.20. The van der Waals surface area contributed by atoms with Crippen molar-refractivity contribution in [3.63, 3.8) is 0 Å². The molecule has 0 aromatic heterocycles. The third-order valence-electron chi connectivity index (χ3n) is 4.10. The summed E-state index contributed by atoms with van der Waals surface area (Å²) in [5.41, 5.74) is 0.963. The Balaban J connectivity index is 1.95. The van der Waals surface area contributed by atoms with E-state index in [4.69, 9.17) is 0 Å². The zero-order valence-corrected chi connectivity index (χ0v) is 15.1. The van der Waals surface area contributed by atoms with Gasteiger partial charge in [0.15, 0.2) is 0 Å². The van der Waals surface area contributed by atoms with Crippen LogP contribution in [-0.4, -0.2) is 60.9 Å². The van der Waals surface area contributed by atoms with Crippen LogP contribution in [0.15, 0.2) is 30.3 Å². The minimum atomic E-state index is -0.424. The minimum absolute atomic E-state index is 0.0501. The second kappa shape index (κ2) is 10.4. The van der Waals surface area contributed by atoms with E-state index in [1.807, 2.05) is 41.5 Å². The van der Waals surface area contributed by atoms with E-state index in [0.29, 0.717) is 19.4 Å². The Kier molecular flexibility index (Phi) is 8.12. The quantitative estimate of drug-likeness (QED) is 0.779. The largest absolute Gasteiger partial charge is 0.344 e. The number of rotatable bonds is 7. The van der Waals surface area contributed by atoms with Gasteiger partial charge in [0.25, 0.3) is 0 Å². The Labute approximate surface area is 148 Å². The van der Waals surface area contributed by atoms with Gasteiger partial charge in [0, 0.05) is 19.6 Å². The summed E-state index contributed by atoms with van der Waals surface area (Å²) in [5.74, 6) is 0.816. The Morgan fingerprint density at radius 1 is 1.25 bits per heavy atom. The van der Waals surface area contributed by atoms with E-state index in [-0.39, 0.29) is 11.8 Å². The van der Waals surface area contributed by atoms with Crippen LogP contribution in [0.5, 0.6) is 0 Å².